The van der Waals surface area contributed by atoms with Crippen LogP contribution in [0.15, 0.2) is 53.1 Å². The summed E-state index contributed by atoms with van der Waals surface area (Å²) >= 11 is 0. The van der Waals surface area contributed by atoms with E-state index in [1.54, 1.807) is 12.1 Å². The molecule has 130 valence electrons. The summed E-state index contributed by atoms with van der Waals surface area (Å²) in [7, 11) is 0. The fourth-order valence-electron chi connectivity index (χ4n) is 2.22. The van der Waals surface area contributed by atoms with E-state index < -0.39 is 29.4 Å². The molecule has 1 aromatic heterocycles. The Hall–Kier alpha value is -2.32. The first-order valence-corrected chi connectivity index (χ1v) is 7.09. The maximum absolute atomic E-state index is 13.3. The lowest BCUT2D eigenvalue weighted by atomic mass is 9.87. The van der Waals surface area contributed by atoms with Gasteiger partial charge in [0.25, 0.3) is 5.91 Å². The lowest BCUT2D eigenvalue weighted by Gasteiger charge is -2.34. The first-order valence-electron chi connectivity index (χ1n) is 7.09. The van der Waals surface area contributed by atoms with Crippen LogP contribution in [-0.2, 0) is 16.8 Å². The fourth-order valence-corrected chi connectivity index (χ4v) is 2.22. The minimum atomic E-state index is -5.24. The molecule has 1 heterocycles. The van der Waals surface area contributed by atoms with Gasteiger partial charge in [0.2, 0.25) is 5.60 Å². The monoisotopic (exact) mass is 343 g/mol. The van der Waals surface area contributed by atoms with Crippen LogP contribution in [0.5, 0.6) is 0 Å². The highest BCUT2D eigenvalue weighted by molar-refractivity contribution is 5.82. The summed E-state index contributed by atoms with van der Waals surface area (Å²) in [6, 6.07) is 9.25. The molecule has 2 unspecified atom stereocenters. The van der Waals surface area contributed by atoms with Gasteiger partial charge in [-0.05, 0) is 17.7 Å². The summed E-state index contributed by atoms with van der Waals surface area (Å²) in [5.74, 6) is -0.802. The van der Waals surface area contributed by atoms with Crippen molar-refractivity contribution in [2.75, 3.05) is 6.54 Å². The van der Waals surface area contributed by atoms with Crippen molar-refractivity contribution in [3.05, 3.63) is 60.1 Å². The zero-order valence-corrected chi connectivity index (χ0v) is 12.5. The van der Waals surface area contributed by atoms with Gasteiger partial charge in [0.15, 0.2) is 6.10 Å². The molecule has 0 aliphatic carbocycles. The Morgan fingerprint density at radius 1 is 1.17 bits per heavy atom. The van der Waals surface area contributed by atoms with Gasteiger partial charge >= 0.3 is 6.18 Å². The third-order valence-corrected chi connectivity index (χ3v) is 3.54. The third-order valence-electron chi connectivity index (χ3n) is 3.54. The lowest BCUT2D eigenvalue weighted by Crippen LogP contribution is -2.57. The molecule has 2 atom stereocenters. The Balaban J connectivity index is 2.13. The highest BCUT2D eigenvalue weighted by atomic mass is 19.4. The molecule has 5 nitrogen and oxygen atoms in total. The van der Waals surface area contributed by atoms with Crippen molar-refractivity contribution in [1.82, 2.24) is 5.32 Å². The van der Waals surface area contributed by atoms with Gasteiger partial charge in [0.1, 0.15) is 5.76 Å². The van der Waals surface area contributed by atoms with E-state index in [4.69, 9.17) is 4.42 Å². The Labute approximate surface area is 135 Å². The van der Waals surface area contributed by atoms with Gasteiger partial charge in [0.05, 0.1) is 6.26 Å². The number of halogens is 3. The van der Waals surface area contributed by atoms with Crippen molar-refractivity contribution in [3.63, 3.8) is 0 Å². The van der Waals surface area contributed by atoms with Crippen LogP contribution in [0, 0.1) is 0 Å². The summed E-state index contributed by atoms with van der Waals surface area (Å²) in [5, 5.41) is 22.1. The third kappa shape index (κ3) is 3.60. The maximum atomic E-state index is 13.3. The van der Waals surface area contributed by atoms with Crippen molar-refractivity contribution in [2.24, 2.45) is 0 Å². The minimum Gasteiger partial charge on any atom is -0.469 e. The Bertz CT molecular complexity index is 658. The number of benzene rings is 1. The molecule has 0 spiro atoms. The summed E-state index contributed by atoms with van der Waals surface area (Å²) < 4.78 is 45.0. The molecule has 0 aliphatic rings. The quantitative estimate of drug-likeness (QED) is 0.746. The van der Waals surface area contributed by atoms with E-state index in [1.807, 2.05) is 0 Å². The SMILES string of the molecule is O=C(NCCc1ccco1)C(O)C(O)(c1ccccc1)C(F)(F)F. The van der Waals surface area contributed by atoms with E-state index in [9.17, 15) is 28.2 Å². The van der Waals surface area contributed by atoms with Gasteiger partial charge < -0.3 is 19.9 Å². The second-order valence-electron chi connectivity index (χ2n) is 5.15. The van der Waals surface area contributed by atoms with Crippen molar-refractivity contribution >= 4 is 5.91 Å². The summed E-state index contributed by atoms with van der Waals surface area (Å²) in [4.78, 5) is 11.9. The van der Waals surface area contributed by atoms with Crippen LogP contribution in [0.25, 0.3) is 0 Å². The average Bonchev–Trinajstić information content (AvgIpc) is 3.06. The van der Waals surface area contributed by atoms with E-state index >= 15 is 0 Å². The molecule has 8 heteroatoms. The van der Waals surface area contributed by atoms with Gasteiger partial charge in [0, 0.05) is 13.0 Å². The van der Waals surface area contributed by atoms with Crippen LogP contribution in [0.3, 0.4) is 0 Å². The van der Waals surface area contributed by atoms with Gasteiger partial charge in [-0.15, -0.1) is 0 Å². The molecule has 1 amide bonds. The number of nitrogens with one attached hydrogen (secondary N) is 1. The highest BCUT2D eigenvalue weighted by Gasteiger charge is 2.61. The van der Waals surface area contributed by atoms with Gasteiger partial charge in [-0.3, -0.25) is 4.79 Å². The minimum absolute atomic E-state index is 0.0495. The molecule has 0 aliphatic heterocycles. The fraction of sp³-hybridized carbons (Fsp3) is 0.312. The van der Waals surface area contributed by atoms with Gasteiger partial charge in [-0.1, -0.05) is 30.3 Å². The van der Waals surface area contributed by atoms with Crippen LogP contribution < -0.4 is 5.32 Å². The Morgan fingerprint density at radius 2 is 1.83 bits per heavy atom. The summed E-state index contributed by atoms with van der Waals surface area (Å²) in [6.45, 7) is -0.0495. The van der Waals surface area contributed by atoms with E-state index in [-0.39, 0.29) is 13.0 Å². The number of hydrogen-bond acceptors (Lipinski definition) is 4. The summed E-state index contributed by atoms with van der Waals surface area (Å²) in [5.41, 5.74) is -4.32. The van der Waals surface area contributed by atoms with Crippen molar-refractivity contribution in [1.29, 1.82) is 0 Å². The van der Waals surface area contributed by atoms with Gasteiger partial charge in [-0.2, -0.15) is 13.2 Å². The topological polar surface area (TPSA) is 82.7 Å². The number of carbonyl (C=O) groups excluding carboxylic acids is 1. The first-order chi connectivity index (χ1) is 11.3. The molecule has 0 saturated heterocycles. The normalized spacial score (nSPS) is 15.5. The maximum Gasteiger partial charge on any atom is 0.424 e. The van der Waals surface area contributed by atoms with Gasteiger partial charge in [-0.25, -0.2) is 0 Å². The van der Waals surface area contributed by atoms with Crippen LogP contribution in [0.1, 0.15) is 11.3 Å². The Kier molecular flexibility index (Phi) is 5.30. The van der Waals surface area contributed by atoms with E-state index in [2.05, 4.69) is 5.32 Å². The van der Waals surface area contributed by atoms with Crippen LogP contribution in [-0.4, -0.2) is 34.9 Å². The highest BCUT2D eigenvalue weighted by Crippen LogP contribution is 2.41. The molecule has 0 bridgehead atoms. The second kappa shape index (κ2) is 7.06. The molecule has 3 N–H and O–H groups in total. The predicted octanol–water partition coefficient (Wildman–Crippen LogP) is 1.75. The first kappa shape index (κ1) is 18.0. The van der Waals surface area contributed by atoms with Crippen molar-refractivity contribution in [2.45, 2.75) is 24.3 Å². The van der Waals surface area contributed by atoms with Crippen molar-refractivity contribution in [3.8, 4) is 0 Å². The molecule has 0 saturated carbocycles. The molecule has 0 fully saturated rings. The molecule has 0 radical (unpaired) electrons. The van der Waals surface area contributed by atoms with E-state index in [0.29, 0.717) is 5.76 Å². The number of aliphatic hydroxyl groups excluding tert-OH is 1. The Morgan fingerprint density at radius 3 is 2.38 bits per heavy atom. The zero-order valence-electron chi connectivity index (χ0n) is 12.5. The summed E-state index contributed by atoms with van der Waals surface area (Å²) in [6.07, 6.45) is -6.30. The number of amides is 1. The average molecular weight is 343 g/mol. The number of carbonyl (C=O) groups is 1. The molecular formula is C16H16F3NO4. The van der Waals surface area contributed by atoms with E-state index in [0.717, 1.165) is 12.1 Å². The second-order valence-corrected chi connectivity index (χ2v) is 5.15. The van der Waals surface area contributed by atoms with Crippen LogP contribution in [0.4, 0.5) is 13.2 Å². The molecule has 2 rings (SSSR count). The lowest BCUT2D eigenvalue weighted by molar-refractivity contribution is -0.293. The number of hydrogen-bond donors (Lipinski definition) is 3. The predicted molar refractivity (Wildman–Crippen MR) is 77.8 cm³/mol. The van der Waals surface area contributed by atoms with Crippen LogP contribution in [0.2, 0.25) is 0 Å². The standard InChI is InChI=1S/C16H16F3NO4/c17-16(18,19)15(23,11-5-2-1-3-6-11)13(21)14(22)20-9-8-12-7-4-10-24-12/h1-7,10,13,21,23H,8-9H2,(H,20,22). The van der Waals surface area contributed by atoms with E-state index in [1.165, 1.54) is 24.5 Å². The number of alkyl halides is 3. The number of furan rings is 1. The zero-order chi connectivity index (χ0) is 17.8. The molecule has 24 heavy (non-hydrogen) atoms. The van der Waals surface area contributed by atoms with Crippen molar-refractivity contribution < 1.29 is 32.6 Å². The molecule has 2 aromatic rings. The smallest absolute Gasteiger partial charge is 0.424 e. The number of aliphatic hydroxyl groups is 2. The molecule has 1 aromatic carbocycles. The number of rotatable bonds is 6. The molecular weight excluding hydrogens is 327 g/mol. The van der Waals surface area contributed by atoms with Crippen LogP contribution >= 0.6 is 0 Å². The largest absolute Gasteiger partial charge is 0.469 e.